The number of hydrogen-bond acceptors (Lipinski definition) is 7. The molecule has 0 radical (unpaired) electrons. The Kier molecular flexibility index (Phi) is 5.04. The monoisotopic (exact) mass is 339 g/mol. The number of likely N-dealkylation sites (tertiary alicyclic amines) is 1. The summed E-state index contributed by atoms with van der Waals surface area (Å²) in [6, 6.07) is 5.30. The molecule has 0 bridgehead atoms. The van der Waals surface area contributed by atoms with Gasteiger partial charge in [-0.05, 0) is 18.9 Å². The highest BCUT2D eigenvalue weighted by molar-refractivity contribution is 5.94. The van der Waals surface area contributed by atoms with Crippen molar-refractivity contribution in [1.29, 1.82) is 5.26 Å². The maximum Gasteiger partial charge on any atom is 0.255 e. The Labute approximate surface area is 145 Å². The van der Waals surface area contributed by atoms with Gasteiger partial charge in [0, 0.05) is 31.2 Å². The Morgan fingerprint density at radius 3 is 2.88 bits per heavy atom. The third-order valence-electron chi connectivity index (χ3n) is 3.91. The molecule has 1 saturated heterocycles. The number of aromatic nitrogens is 3. The highest BCUT2D eigenvalue weighted by atomic mass is 16.5. The number of rotatable bonds is 4. The van der Waals surface area contributed by atoms with Gasteiger partial charge in [0.1, 0.15) is 12.2 Å². The van der Waals surface area contributed by atoms with Crippen LogP contribution in [0.4, 0.5) is 0 Å². The average molecular weight is 339 g/mol. The van der Waals surface area contributed by atoms with Crippen molar-refractivity contribution in [1.82, 2.24) is 19.9 Å². The fourth-order valence-electron chi connectivity index (χ4n) is 2.68. The minimum absolute atomic E-state index is 0.108. The van der Waals surface area contributed by atoms with Crippen molar-refractivity contribution in [3.63, 3.8) is 0 Å². The van der Waals surface area contributed by atoms with E-state index in [9.17, 15) is 4.79 Å². The second-order valence-corrected chi connectivity index (χ2v) is 5.54. The molecule has 1 aliphatic heterocycles. The van der Waals surface area contributed by atoms with Crippen LogP contribution in [0.2, 0.25) is 0 Å². The largest absolute Gasteiger partial charge is 0.481 e. The first-order valence-electron chi connectivity index (χ1n) is 7.88. The van der Waals surface area contributed by atoms with Crippen LogP contribution in [-0.2, 0) is 0 Å². The summed E-state index contributed by atoms with van der Waals surface area (Å²) in [5, 5.41) is 9.07. The summed E-state index contributed by atoms with van der Waals surface area (Å²) in [5.74, 6) is 0.557. The maximum atomic E-state index is 12.6. The van der Waals surface area contributed by atoms with Crippen molar-refractivity contribution < 1.29 is 14.3 Å². The first-order chi connectivity index (χ1) is 12.2. The van der Waals surface area contributed by atoms with Crippen molar-refractivity contribution in [2.75, 3.05) is 20.2 Å². The Bertz CT molecular complexity index is 788. The molecule has 25 heavy (non-hydrogen) atoms. The first-order valence-corrected chi connectivity index (χ1v) is 7.88. The molecule has 128 valence electrons. The lowest BCUT2D eigenvalue weighted by Gasteiger charge is -2.32. The van der Waals surface area contributed by atoms with E-state index in [1.54, 1.807) is 17.0 Å². The number of nitriles is 1. The van der Waals surface area contributed by atoms with Crippen LogP contribution in [0.25, 0.3) is 0 Å². The van der Waals surface area contributed by atoms with Crippen LogP contribution in [0.5, 0.6) is 11.8 Å². The normalized spacial score (nSPS) is 16.8. The van der Waals surface area contributed by atoms with Gasteiger partial charge in [0.05, 0.1) is 19.2 Å². The molecule has 3 rings (SSSR count). The average Bonchev–Trinajstić information content (AvgIpc) is 2.68. The van der Waals surface area contributed by atoms with Crippen LogP contribution in [0, 0.1) is 11.3 Å². The van der Waals surface area contributed by atoms with Crippen LogP contribution in [0.3, 0.4) is 0 Å². The number of carbonyl (C=O) groups excluding carboxylic acids is 1. The highest BCUT2D eigenvalue weighted by Crippen LogP contribution is 2.20. The number of methoxy groups -OCH3 is 1. The van der Waals surface area contributed by atoms with Crippen molar-refractivity contribution in [3.8, 4) is 17.8 Å². The Morgan fingerprint density at radius 1 is 1.32 bits per heavy atom. The lowest BCUT2D eigenvalue weighted by atomic mass is 10.1. The van der Waals surface area contributed by atoms with Crippen molar-refractivity contribution in [3.05, 3.63) is 42.0 Å². The SMILES string of the molecule is COc1ccc(C(=O)N2CCC[C@@H](Oc3nccnc3C#N)C2)cn1. The zero-order valence-corrected chi connectivity index (χ0v) is 13.8. The Morgan fingerprint density at radius 2 is 2.16 bits per heavy atom. The molecule has 1 fully saturated rings. The quantitative estimate of drug-likeness (QED) is 0.830. The predicted octanol–water partition coefficient (Wildman–Crippen LogP) is 1.44. The topological polar surface area (TPSA) is 101 Å². The molecule has 8 nitrogen and oxygen atoms in total. The van der Waals surface area contributed by atoms with E-state index in [-0.39, 0.29) is 23.6 Å². The van der Waals surface area contributed by atoms with E-state index in [4.69, 9.17) is 14.7 Å². The molecular formula is C17H17N5O3. The molecule has 1 amide bonds. The van der Waals surface area contributed by atoms with Crippen molar-refractivity contribution in [2.24, 2.45) is 0 Å². The summed E-state index contributed by atoms with van der Waals surface area (Å²) < 4.78 is 10.8. The minimum Gasteiger partial charge on any atom is -0.481 e. The summed E-state index contributed by atoms with van der Waals surface area (Å²) in [6.07, 6.45) is 5.78. The predicted molar refractivity (Wildman–Crippen MR) is 87.1 cm³/mol. The van der Waals surface area contributed by atoms with Crippen LogP contribution >= 0.6 is 0 Å². The fraction of sp³-hybridized carbons (Fsp3) is 0.353. The first kappa shape index (κ1) is 16.6. The van der Waals surface area contributed by atoms with Gasteiger partial charge in [0.15, 0.2) is 0 Å². The smallest absolute Gasteiger partial charge is 0.255 e. The van der Waals surface area contributed by atoms with E-state index in [1.165, 1.54) is 25.7 Å². The van der Waals surface area contributed by atoms with Crippen LogP contribution < -0.4 is 9.47 Å². The van der Waals surface area contributed by atoms with E-state index < -0.39 is 0 Å². The van der Waals surface area contributed by atoms with Gasteiger partial charge in [-0.2, -0.15) is 5.26 Å². The number of piperidine rings is 1. The summed E-state index contributed by atoms with van der Waals surface area (Å²) in [5.41, 5.74) is 0.643. The van der Waals surface area contributed by atoms with Gasteiger partial charge >= 0.3 is 0 Å². The van der Waals surface area contributed by atoms with E-state index in [1.807, 2.05) is 6.07 Å². The molecule has 1 atom stereocenters. The van der Waals surface area contributed by atoms with Gasteiger partial charge in [-0.25, -0.2) is 15.0 Å². The Balaban J connectivity index is 1.68. The molecule has 3 heterocycles. The van der Waals surface area contributed by atoms with Crippen molar-refractivity contribution >= 4 is 5.91 Å². The molecule has 8 heteroatoms. The second kappa shape index (κ2) is 7.57. The fourth-order valence-corrected chi connectivity index (χ4v) is 2.68. The van der Waals surface area contributed by atoms with Gasteiger partial charge in [0.2, 0.25) is 11.6 Å². The van der Waals surface area contributed by atoms with E-state index >= 15 is 0 Å². The summed E-state index contributed by atoms with van der Waals surface area (Å²) >= 11 is 0. The minimum atomic E-state index is -0.229. The van der Waals surface area contributed by atoms with Gasteiger partial charge < -0.3 is 14.4 Å². The van der Waals surface area contributed by atoms with E-state index in [0.29, 0.717) is 24.5 Å². The lowest BCUT2D eigenvalue weighted by Crippen LogP contribution is -2.44. The molecule has 2 aromatic rings. The molecule has 0 unspecified atom stereocenters. The number of nitrogens with zero attached hydrogens (tertiary/aromatic N) is 5. The number of hydrogen-bond donors (Lipinski definition) is 0. The lowest BCUT2D eigenvalue weighted by molar-refractivity contribution is 0.0525. The van der Waals surface area contributed by atoms with Crippen molar-refractivity contribution in [2.45, 2.75) is 18.9 Å². The third kappa shape index (κ3) is 3.83. The Hall–Kier alpha value is -3.21. The zero-order valence-electron chi connectivity index (χ0n) is 13.8. The molecule has 0 spiro atoms. The molecule has 0 aliphatic carbocycles. The molecule has 1 aliphatic rings. The summed E-state index contributed by atoms with van der Waals surface area (Å²) in [7, 11) is 1.53. The highest BCUT2D eigenvalue weighted by Gasteiger charge is 2.27. The molecular weight excluding hydrogens is 322 g/mol. The number of carbonyl (C=O) groups is 1. The molecule has 0 aromatic carbocycles. The van der Waals surface area contributed by atoms with E-state index in [0.717, 1.165) is 12.8 Å². The summed E-state index contributed by atoms with van der Waals surface area (Å²) in [6.45, 7) is 1.07. The second-order valence-electron chi connectivity index (χ2n) is 5.54. The standard InChI is InChI=1S/C17H17N5O3/c1-24-15-5-4-12(10-21-15)17(23)22-8-2-3-13(11-22)25-16-14(9-18)19-6-7-20-16/h4-7,10,13H,2-3,8,11H2,1H3/t13-/m1/s1. The summed E-state index contributed by atoms with van der Waals surface area (Å²) in [4.78, 5) is 26.4. The number of ether oxygens (including phenoxy) is 2. The molecule has 0 N–H and O–H groups in total. The van der Waals surface area contributed by atoms with Gasteiger partial charge in [-0.15, -0.1) is 0 Å². The van der Waals surface area contributed by atoms with Gasteiger partial charge in [0.25, 0.3) is 11.8 Å². The van der Waals surface area contributed by atoms with Crippen LogP contribution in [-0.4, -0.2) is 52.1 Å². The third-order valence-corrected chi connectivity index (χ3v) is 3.91. The number of pyridine rings is 1. The number of amides is 1. The zero-order chi connectivity index (χ0) is 17.6. The van der Waals surface area contributed by atoms with Crippen LogP contribution in [0.15, 0.2) is 30.7 Å². The van der Waals surface area contributed by atoms with E-state index in [2.05, 4.69) is 15.0 Å². The van der Waals surface area contributed by atoms with Gasteiger partial charge in [-0.1, -0.05) is 0 Å². The molecule has 0 saturated carbocycles. The molecule has 2 aromatic heterocycles. The van der Waals surface area contributed by atoms with Gasteiger partial charge in [-0.3, -0.25) is 4.79 Å². The maximum absolute atomic E-state index is 12.6. The van der Waals surface area contributed by atoms with Crippen LogP contribution in [0.1, 0.15) is 28.9 Å².